The average Bonchev–Trinajstić information content (AvgIpc) is 3.33. The summed E-state index contributed by atoms with van der Waals surface area (Å²) in [5, 5.41) is 2.97. The van der Waals surface area contributed by atoms with Crippen LogP contribution in [0.3, 0.4) is 0 Å². The van der Waals surface area contributed by atoms with E-state index in [4.69, 9.17) is 13.8 Å². The van der Waals surface area contributed by atoms with Gasteiger partial charge in [0.1, 0.15) is 19.3 Å². The zero-order valence-corrected chi connectivity index (χ0v) is 47.3. The molecule has 3 unspecified atom stereocenters. The summed E-state index contributed by atoms with van der Waals surface area (Å²) in [7, 11) is 1.13. The highest BCUT2D eigenvalue weighted by Gasteiger charge is 2.27. The molecule has 10 heteroatoms. The SMILES string of the molecule is CC/C=C\C/C=C\C/C=C\C/C=C\C/C=C\CCCCCCCC(=O)OC(/C=C\CCCCCCCCCCC)C(COP(=O)([O-])OCC[N+](C)(C)C)NC(=O)CC/C=C/C/C=C\CCCCCCCC. The molecule has 0 aliphatic heterocycles. The van der Waals surface area contributed by atoms with Crippen LogP contribution in [-0.4, -0.2) is 69.4 Å². The lowest BCUT2D eigenvalue weighted by Crippen LogP contribution is -2.47. The summed E-state index contributed by atoms with van der Waals surface area (Å²) in [4.78, 5) is 39.8. The van der Waals surface area contributed by atoms with Crippen molar-refractivity contribution in [2.45, 2.75) is 238 Å². The van der Waals surface area contributed by atoms with Crippen molar-refractivity contribution >= 4 is 19.7 Å². The molecule has 0 heterocycles. The molecule has 0 aromatic carbocycles. The average molecular weight is 1010 g/mol. The summed E-state index contributed by atoms with van der Waals surface area (Å²) < 4.78 is 30.1. The third kappa shape index (κ3) is 51.6. The minimum Gasteiger partial charge on any atom is -0.756 e. The topological polar surface area (TPSA) is 114 Å². The fourth-order valence-corrected chi connectivity index (χ4v) is 8.32. The van der Waals surface area contributed by atoms with Crippen molar-refractivity contribution in [3.05, 3.63) is 97.2 Å². The van der Waals surface area contributed by atoms with E-state index in [-0.39, 0.29) is 31.3 Å². The van der Waals surface area contributed by atoms with Gasteiger partial charge >= 0.3 is 5.97 Å². The number of phosphoric ester groups is 1. The van der Waals surface area contributed by atoms with Crippen LogP contribution in [0.4, 0.5) is 0 Å². The minimum atomic E-state index is -4.71. The number of allylic oxidation sites excluding steroid dienone is 15. The van der Waals surface area contributed by atoms with Gasteiger partial charge in [-0.25, -0.2) is 0 Å². The number of hydrogen-bond acceptors (Lipinski definition) is 7. The van der Waals surface area contributed by atoms with Gasteiger partial charge in [-0.15, -0.1) is 0 Å². The molecule has 0 rings (SSSR count). The fraction of sp³-hybridized carbons (Fsp3) is 0.705. The molecule has 71 heavy (non-hydrogen) atoms. The number of nitrogens with zero attached hydrogens (tertiary/aromatic N) is 1. The van der Waals surface area contributed by atoms with E-state index in [9.17, 15) is 19.0 Å². The van der Waals surface area contributed by atoms with Crippen molar-refractivity contribution < 1.29 is 37.3 Å². The first kappa shape index (κ1) is 67.9. The maximum Gasteiger partial charge on any atom is 0.306 e. The number of carbonyl (C=O) groups excluding carboxylic acids is 2. The monoisotopic (exact) mass is 1010 g/mol. The van der Waals surface area contributed by atoms with Gasteiger partial charge in [-0.1, -0.05) is 215 Å². The maximum atomic E-state index is 13.4. The number of hydrogen-bond donors (Lipinski definition) is 1. The van der Waals surface area contributed by atoms with Crippen molar-refractivity contribution in [2.24, 2.45) is 0 Å². The molecule has 0 fully saturated rings. The molecule has 0 radical (unpaired) electrons. The molecule has 0 aromatic rings. The normalized spacial score (nSPS) is 14.5. The van der Waals surface area contributed by atoms with Crippen LogP contribution >= 0.6 is 7.82 Å². The van der Waals surface area contributed by atoms with Crippen LogP contribution < -0.4 is 10.2 Å². The Bertz CT molecular complexity index is 1540. The van der Waals surface area contributed by atoms with E-state index < -0.39 is 26.6 Å². The Labute approximate surface area is 437 Å². The molecule has 1 N–H and O–H groups in total. The van der Waals surface area contributed by atoms with Crippen LogP contribution in [0.5, 0.6) is 0 Å². The Morgan fingerprint density at radius 3 is 1.38 bits per heavy atom. The van der Waals surface area contributed by atoms with E-state index in [2.05, 4.69) is 105 Å². The molecule has 1 amide bonds. The van der Waals surface area contributed by atoms with E-state index in [0.717, 1.165) is 96.3 Å². The summed E-state index contributed by atoms with van der Waals surface area (Å²) >= 11 is 0. The Kier molecular flexibility index (Phi) is 48.3. The summed E-state index contributed by atoms with van der Waals surface area (Å²) in [6.45, 7) is 6.63. The van der Waals surface area contributed by atoms with Gasteiger partial charge in [0.25, 0.3) is 7.82 Å². The van der Waals surface area contributed by atoms with Crippen LogP contribution in [0.15, 0.2) is 97.2 Å². The minimum absolute atomic E-state index is 0.0394. The summed E-state index contributed by atoms with van der Waals surface area (Å²) in [6.07, 6.45) is 66.8. The number of likely N-dealkylation sites (N-methyl/N-ethyl adjacent to an activating group) is 1. The molecule has 9 nitrogen and oxygen atoms in total. The van der Waals surface area contributed by atoms with Gasteiger partial charge in [-0.05, 0) is 96.0 Å². The van der Waals surface area contributed by atoms with Crippen LogP contribution in [-0.2, 0) is 27.9 Å². The van der Waals surface area contributed by atoms with Gasteiger partial charge in [-0.3, -0.25) is 14.2 Å². The molecule has 0 bridgehead atoms. The second kappa shape index (κ2) is 50.5. The number of esters is 1. The number of phosphoric acid groups is 1. The van der Waals surface area contributed by atoms with E-state index in [1.54, 1.807) is 6.08 Å². The van der Waals surface area contributed by atoms with Gasteiger partial charge < -0.3 is 28.5 Å². The van der Waals surface area contributed by atoms with Gasteiger partial charge in [-0.2, -0.15) is 0 Å². The molecular formula is C61H107N2O7P. The van der Waals surface area contributed by atoms with Crippen LogP contribution in [0.2, 0.25) is 0 Å². The second-order valence-corrected chi connectivity index (χ2v) is 21.5. The number of rotatable bonds is 50. The first-order valence-corrected chi connectivity index (χ1v) is 30.0. The quantitative estimate of drug-likeness (QED) is 0.0212. The first-order valence-electron chi connectivity index (χ1n) is 28.5. The zero-order valence-electron chi connectivity index (χ0n) is 46.4. The van der Waals surface area contributed by atoms with E-state index in [1.807, 2.05) is 33.3 Å². The number of unbranched alkanes of at least 4 members (excludes halogenated alkanes) is 20. The van der Waals surface area contributed by atoms with Crippen molar-refractivity contribution in [1.82, 2.24) is 5.32 Å². The lowest BCUT2D eigenvalue weighted by atomic mass is 10.1. The highest BCUT2D eigenvalue weighted by Crippen LogP contribution is 2.38. The van der Waals surface area contributed by atoms with Crippen LogP contribution in [0.1, 0.15) is 226 Å². The number of nitrogens with one attached hydrogen (secondary N) is 1. The zero-order chi connectivity index (χ0) is 52.2. The van der Waals surface area contributed by atoms with Crippen molar-refractivity contribution in [3.63, 3.8) is 0 Å². The molecule has 0 saturated heterocycles. The smallest absolute Gasteiger partial charge is 0.306 e. The molecule has 0 spiro atoms. The second-order valence-electron chi connectivity index (χ2n) is 20.1. The Balaban J connectivity index is 5.38. The predicted molar refractivity (Wildman–Crippen MR) is 302 cm³/mol. The first-order chi connectivity index (χ1) is 34.4. The standard InChI is InChI=1S/C61H107N2O7P/c1-7-10-13-16-19-22-25-27-28-29-30-31-32-33-34-36-39-42-45-48-51-54-61(65)70-59(52-49-46-43-40-37-24-21-18-15-12-9-3)58(57-69-71(66,67)68-56-55-63(4,5)6)62-60(64)53-50-47-44-41-38-35-26-23-20-17-14-11-8-2/h10,13,19,22,27-28,30-31,33-35,38,44,47,49,52,58-59H,7-9,11-12,14-18,20-21,23-26,29,32,36-37,39-43,45-46,48,50-51,53-57H2,1-6H3,(H-,62,64,66,67)/b13-10-,22-19-,28-27-,31-30-,34-33-,38-35-,47-44+,52-49-. The van der Waals surface area contributed by atoms with Crippen molar-refractivity contribution in [3.8, 4) is 0 Å². The lowest BCUT2D eigenvalue weighted by Gasteiger charge is -2.30. The predicted octanol–water partition coefficient (Wildman–Crippen LogP) is 16.6. The van der Waals surface area contributed by atoms with Crippen LogP contribution in [0.25, 0.3) is 0 Å². The van der Waals surface area contributed by atoms with E-state index in [0.29, 0.717) is 23.9 Å². The molecule has 0 aliphatic rings. The lowest BCUT2D eigenvalue weighted by molar-refractivity contribution is -0.870. The van der Waals surface area contributed by atoms with Crippen molar-refractivity contribution in [1.29, 1.82) is 0 Å². The summed E-state index contributed by atoms with van der Waals surface area (Å²) in [5.41, 5.74) is 0. The molecule has 0 aliphatic carbocycles. The fourth-order valence-electron chi connectivity index (χ4n) is 7.60. The summed E-state index contributed by atoms with van der Waals surface area (Å²) in [6, 6.07) is -0.931. The van der Waals surface area contributed by atoms with Gasteiger partial charge in [0.2, 0.25) is 5.91 Å². The molecule has 0 saturated carbocycles. The Hall–Kier alpha value is -3.07. The van der Waals surface area contributed by atoms with Gasteiger partial charge in [0.05, 0.1) is 33.8 Å². The van der Waals surface area contributed by atoms with Crippen molar-refractivity contribution in [2.75, 3.05) is 40.9 Å². The third-order valence-corrected chi connectivity index (χ3v) is 13.0. The van der Waals surface area contributed by atoms with Gasteiger partial charge in [0.15, 0.2) is 0 Å². The molecule has 408 valence electrons. The number of ether oxygens (including phenoxy) is 1. The third-order valence-electron chi connectivity index (χ3n) is 12.0. The highest BCUT2D eigenvalue weighted by molar-refractivity contribution is 7.45. The number of quaternary nitrogens is 1. The van der Waals surface area contributed by atoms with Gasteiger partial charge in [0, 0.05) is 12.8 Å². The number of carbonyl (C=O) groups is 2. The molecule has 3 atom stereocenters. The van der Waals surface area contributed by atoms with E-state index in [1.165, 1.54) is 83.5 Å². The highest BCUT2D eigenvalue weighted by atomic mass is 31.2. The summed E-state index contributed by atoms with van der Waals surface area (Å²) in [5.74, 6) is -0.649. The molecular weight excluding hydrogens is 904 g/mol. The Morgan fingerprint density at radius 1 is 0.507 bits per heavy atom. The Morgan fingerprint density at radius 2 is 0.915 bits per heavy atom. The van der Waals surface area contributed by atoms with E-state index >= 15 is 0 Å². The van der Waals surface area contributed by atoms with Crippen LogP contribution in [0, 0.1) is 0 Å². The maximum absolute atomic E-state index is 13.4. The number of amides is 1. The molecule has 0 aromatic heterocycles. The largest absolute Gasteiger partial charge is 0.756 e.